The molecule has 6 nitrogen and oxygen atoms in total. The monoisotopic (exact) mass is 292 g/mol. The van der Waals surface area contributed by atoms with E-state index < -0.39 is 6.09 Å². The van der Waals surface area contributed by atoms with E-state index >= 15 is 0 Å². The van der Waals surface area contributed by atoms with Crippen molar-refractivity contribution in [3.8, 4) is 0 Å². The first kappa shape index (κ1) is 13.1. The van der Waals surface area contributed by atoms with Gasteiger partial charge in [-0.25, -0.2) is 4.79 Å². The van der Waals surface area contributed by atoms with Crippen LogP contribution in [0, 0.1) is 10.8 Å². The Balaban J connectivity index is 1.78. The van der Waals surface area contributed by atoms with E-state index in [1.165, 1.54) is 11.8 Å². The normalized spacial score (nSPS) is 23.9. The third kappa shape index (κ3) is 2.40. The number of fused-ring (bicyclic) bond motifs is 3. The maximum absolute atomic E-state index is 11.4. The van der Waals surface area contributed by atoms with Crippen LogP contribution in [0.1, 0.15) is 13.3 Å². The molecule has 1 amide bonds. The number of nitrogens with one attached hydrogen (secondary N) is 1. The molecule has 3 aliphatic rings. The molecule has 3 rings (SSSR count). The molecule has 0 bridgehead atoms. The maximum atomic E-state index is 11.4. The molecule has 1 unspecified atom stereocenters. The number of nitrogens with zero attached hydrogens (tertiary/aromatic N) is 2. The molecule has 1 heterocycles. The molecule has 0 fully saturated rings. The number of rotatable bonds is 2. The highest BCUT2D eigenvalue weighted by Crippen LogP contribution is 2.40. The van der Waals surface area contributed by atoms with Gasteiger partial charge in [0.2, 0.25) is 0 Å². The zero-order valence-corrected chi connectivity index (χ0v) is 11.8. The standard InChI is InChI=1S/C13H13N3O3S/c1-2-19-13(17)14-9-3-4-10-8(5-9)6-11-12(10)15-16(18)7-20-11/h3,5-6,10H,2,4,7H2,1H3/p+1. The molecule has 0 saturated heterocycles. The van der Waals surface area contributed by atoms with Gasteiger partial charge in [0.05, 0.1) is 11.5 Å². The van der Waals surface area contributed by atoms with Crippen LogP contribution in [-0.2, 0) is 4.74 Å². The van der Waals surface area contributed by atoms with E-state index in [1.807, 2.05) is 18.2 Å². The van der Waals surface area contributed by atoms with Crippen molar-refractivity contribution in [1.29, 1.82) is 0 Å². The summed E-state index contributed by atoms with van der Waals surface area (Å²) in [4.78, 5) is 24.5. The minimum absolute atomic E-state index is 0.127. The summed E-state index contributed by atoms with van der Waals surface area (Å²) >= 11 is 1.50. The summed E-state index contributed by atoms with van der Waals surface area (Å²) in [5, 5.41) is 6.77. The smallest absolute Gasteiger partial charge is 0.411 e. The molecule has 20 heavy (non-hydrogen) atoms. The SMILES string of the molecule is CCOC(=O)NC1=CCC2C(=C1)C=C1SC[N+](=O)N=C12. The van der Waals surface area contributed by atoms with Crippen LogP contribution < -0.4 is 5.32 Å². The number of alkyl carbamates (subject to hydrolysis) is 1. The fourth-order valence-corrected chi connectivity index (χ4v) is 3.27. The van der Waals surface area contributed by atoms with E-state index in [-0.39, 0.29) is 5.92 Å². The van der Waals surface area contributed by atoms with Crippen LogP contribution in [0.2, 0.25) is 0 Å². The predicted molar refractivity (Wildman–Crippen MR) is 76.0 cm³/mol. The van der Waals surface area contributed by atoms with E-state index in [4.69, 9.17) is 4.74 Å². The zero-order valence-electron chi connectivity index (χ0n) is 11.0. The summed E-state index contributed by atoms with van der Waals surface area (Å²) in [5.41, 5.74) is 2.65. The fourth-order valence-electron chi connectivity index (χ4n) is 2.41. The van der Waals surface area contributed by atoms with E-state index in [1.54, 1.807) is 6.92 Å². The van der Waals surface area contributed by atoms with Crippen molar-refractivity contribution in [2.45, 2.75) is 13.3 Å². The first-order valence-corrected chi connectivity index (χ1v) is 7.39. The van der Waals surface area contributed by atoms with Gasteiger partial charge < -0.3 is 4.74 Å². The number of hydrazone groups is 1. The lowest BCUT2D eigenvalue weighted by Gasteiger charge is -2.17. The second-order valence-electron chi connectivity index (χ2n) is 4.56. The molecule has 1 aliphatic heterocycles. The highest BCUT2D eigenvalue weighted by molar-refractivity contribution is 8.03. The predicted octanol–water partition coefficient (Wildman–Crippen LogP) is 2.30. The van der Waals surface area contributed by atoms with Crippen molar-refractivity contribution in [1.82, 2.24) is 5.32 Å². The van der Waals surface area contributed by atoms with Crippen LogP contribution >= 0.6 is 11.8 Å². The highest BCUT2D eigenvalue weighted by Gasteiger charge is 2.37. The maximum Gasteiger partial charge on any atom is 0.411 e. The molecular formula is C13H14N3O3S+. The van der Waals surface area contributed by atoms with Gasteiger partial charge in [0.1, 0.15) is 5.71 Å². The van der Waals surface area contributed by atoms with Gasteiger partial charge in [-0.2, -0.15) is 0 Å². The number of thioether (sulfide) groups is 1. The number of carbonyl (C=O) groups excluding carboxylic acids is 1. The third-order valence-corrected chi connectivity index (χ3v) is 4.24. The van der Waals surface area contributed by atoms with Gasteiger partial charge in [-0.05, 0) is 42.8 Å². The van der Waals surface area contributed by atoms with Gasteiger partial charge in [0.25, 0.3) is 5.88 Å². The molecule has 0 aromatic rings. The van der Waals surface area contributed by atoms with Crippen molar-refractivity contribution in [2.75, 3.05) is 12.5 Å². The van der Waals surface area contributed by atoms with Crippen LogP contribution in [0.5, 0.6) is 0 Å². The highest BCUT2D eigenvalue weighted by atomic mass is 32.2. The van der Waals surface area contributed by atoms with Crippen LogP contribution in [0.25, 0.3) is 0 Å². The van der Waals surface area contributed by atoms with Crippen LogP contribution in [-0.4, -0.2) is 29.2 Å². The Bertz CT molecular complexity index is 604. The third-order valence-electron chi connectivity index (χ3n) is 3.25. The van der Waals surface area contributed by atoms with Crippen molar-refractivity contribution in [2.24, 2.45) is 11.0 Å². The largest absolute Gasteiger partial charge is 0.450 e. The van der Waals surface area contributed by atoms with Crippen molar-refractivity contribution < 1.29 is 14.4 Å². The van der Waals surface area contributed by atoms with Crippen molar-refractivity contribution >= 4 is 23.6 Å². The molecule has 1 atom stereocenters. The van der Waals surface area contributed by atoms with Crippen molar-refractivity contribution in [3.63, 3.8) is 0 Å². The number of ether oxygens (including phenoxy) is 1. The summed E-state index contributed by atoms with van der Waals surface area (Å²) in [6, 6.07) is 0. The second kappa shape index (κ2) is 5.24. The Morgan fingerprint density at radius 2 is 2.45 bits per heavy atom. The Kier molecular flexibility index (Phi) is 3.43. The summed E-state index contributed by atoms with van der Waals surface area (Å²) in [6.45, 7) is 2.11. The molecule has 0 aromatic heterocycles. The summed E-state index contributed by atoms with van der Waals surface area (Å²) in [7, 11) is 0. The van der Waals surface area contributed by atoms with E-state index in [9.17, 15) is 9.70 Å². The lowest BCUT2D eigenvalue weighted by atomic mass is 9.91. The first-order valence-electron chi connectivity index (χ1n) is 6.41. The van der Waals surface area contributed by atoms with Crippen LogP contribution in [0.3, 0.4) is 0 Å². The zero-order chi connectivity index (χ0) is 14.1. The average Bonchev–Trinajstić information content (AvgIpc) is 2.76. The van der Waals surface area contributed by atoms with Gasteiger partial charge in [-0.3, -0.25) is 5.32 Å². The summed E-state index contributed by atoms with van der Waals surface area (Å²) in [6.07, 6.45) is 6.16. The van der Waals surface area contributed by atoms with E-state index in [0.717, 1.165) is 33.2 Å². The van der Waals surface area contributed by atoms with Gasteiger partial charge in [0, 0.05) is 21.6 Å². The number of amides is 1. The molecule has 0 spiro atoms. The van der Waals surface area contributed by atoms with Crippen LogP contribution in [0.15, 0.2) is 39.5 Å². The minimum Gasteiger partial charge on any atom is -0.450 e. The Morgan fingerprint density at radius 3 is 3.25 bits per heavy atom. The van der Waals surface area contributed by atoms with Gasteiger partial charge in [-0.1, -0.05) is 6.08 Å². The lowest BCUT2D eigenvalue weighted by Crippen LogP contribution is -2.26. The number of hydrogen-bond donors (Lipinski definition) is 1. The molecule has 0 saturated carbocycles. The number of allylic oxidation sites excluding steroid dienone is 5. The molecule has 1 N–H and O–H groups in total. The number of hydrogen-bond acceptors (Lipinski definition) is 4. The lowest BCUT2D eigenvalue weighted by molar-refractivity contribution is -0.534. The summed E-state index contributed by atoms with van der Waals surface area (Å²) in [5.74, 6) is 0.457. The van der Waals surface area contributed by atoms with Gasteiger partial charge >= 0.3 is 6.09 Å². The molecule has 7 heteroatoms. The Hall–Kier alpha value is -1.89. The molecule has 0 aromatic carbocycles. The topological polar surface area (TPSA) is 70.8 Å². The van der Waals surface area contributed by atoms with Crippen LogP contribution in [0.4, 0.5) is 4.79 Å². The second-order valence-corrected chi connectivity index (χ2v) is 5.54. The molecule has 104 valence electrons. The van der Waals surface area contributed by atoms with Crippen molar-refractivity contribution in [3.05, 3.63) is 39.3 Å². The minimum atomic E-state index is -0.449. The Labute approximate surface area is 120 Å². The fraction of sp³-hybridized carbons (Fsp3) is 0.385. The average molecular weight is 292 g/mol. The molecular weight excluding hydrogens is 278 g/mol. The Morgan fingerprint density at radius 1 is 1.60 bits per heavy atom. The molecule has 0 radical (unpaired) electrons. The van der Waals surface area contributed by atoms with E-state index in [0.29, 0.717) is 12.5 Å². The quantitative estimate of drug-likeness (QED) is 0.793. The van der Waals surface area contributed by atoms with E-state index in [2.05, 4.69) is 10.4 Å². The van der Waals surface area contributed by atoms with Gasteiger partial charge in [0.15, 0.2) is 4.87 Å². The number of carbonyl (C=O) groups is 1. The molecule has 2 aliphatic carbocycles. The number of nitroso groups, excluding NO2 is 1. The summed E-state index contributed by atoms with van der Waals surface area (Å²) < 4.78 is 4.85. The van der Waals surface area contributed by atoms with Gasteiger partial charge in [-0.15, -0.1) is 0 Å². The first-order chi connectivity index (χ1) is 9.67.